The summed E-state index contributed by atoms with van der Waals surface area (Å²) in [7, 11) is 2.14. The molecule has 7 heteroatoms. The van der Waals surface area contributed by atoms with Gasteiger partial charge in [-0.05, 0) is 80.8 Å². The van der Waals surface area contributed by atoms with Crippen molar-refractivity contribution in [2.75, 3.05) is 38.1 Å². The van der Waals surface area contributed by atoms with Crippen LogP contribution in [0.4, 0.5) is 11.4 Å². The Morgan fingerprint density at radius 3 is 2.29 bits per heavy atom. The van der Waals surface area contributed by atoms with Crippen molar-refractivity contribution in [3.05, 3.63) is 33.9 Å². The van der Waals surface area contributed by atoms with Crippen molar-refractivity contribution in [1.29, 1.82) is 0 Å². The second-order valence-corrected chi connectivity index (χ2v) is 10.9. The van der Waals surface area contributed by atoms with E-state index in [0.717, 1.165) is 43.9 Å². The second-order valence-electron chi connectivity index (χ2n) is 10.9. The van der Waals surface area contributed by atoms with Crippen LogP contribution in [0.5, 0.6) is 0 Å². The van der Waals surface area contributed by atoms with Crippen LogP contribution in [-0.2, 0) is 0 Å². The van der Waals surface area contributed by atoms with E-state index in [-0.39, 0.29) is 28.0 Å². The molecule has 1 amide bonds. The molecule has 4 aliphatic carbocycles. The maximum atomic E-state index is 13.1. The fourth-order valence-electron chi connectivity index (χ4n) is 7.35. The van der Waals surface area contributed by atoms with Gasteiger partial charge in [-0.1, -0.05) is 0 Å². The van der Waals surface area contributed by atoms with Gasteiger partial charge in [0.25, 0.3) is 11.6 Å². The molecule has 1 aliphatic heterocycles. The Bertz CT molecular complexity index is 842. The molecule has 1 atom stereocenters. The number of quaternary nitrogens is 1. The van der Waals surface area contributed by atoms with Crippen LogP contribution in [0.25, 0.3) is 0 Å². The highest BCUT2D eigenvalue weighted by molar-refractivity contribution is 5.96. The van der Waals surface area contributed by atoms with E-state index in [2.05, 4.69) is 24.2 Å². The zero-order chi connectivity index (χ0) is 21.8. The number of carbonyl (C=O) groups is 1. The summed E-state index contributed by atoms with van der Waals surface area (Å²) in [5, 5.41) is 15.0. The van der Waals surface area contributed by atoms with Crippen LogP contribution in [0, 0.1) is 33.3 Å². The number of nitrogens with zero attached hydrogens (tertiary/aromatic N) is 2. The lowest BCUT2D eigenvalue weighted by Gasteiger charge is -2.59. The van der Waals surface area contributed by atoms with Crippen molar-refractivity contribution >= 4 is 17.3 Å². The molecule has 1 heterocycles. The summed E-state index contributed by atoms with van der Waals surface area (Å²) >= 11 is 0. The number of nitro groups is 1. The largest absolute Gasteiger partial charge is 0.355 e. The number of hydrogen-bond donors (Lipinski definition) is 2. The molecule has 0 radical (unpaired) electrons. The zero-order valence-electron chi connectivity index (χ0n) is 18.7. The molecule has 5 fully saturated rings. The number of piperazine rings is 1. The third kappa shape index (κ3) is 3.81. The van der Waals surface area contributed by atoms with E-state index in [9.17, 15) is 14.9 Å². The van der Waals surface area contributed by atoms with E-state index in [1.807, 2.05) is 0 Å². The fourth-order valence-corrected chi connectivity index (χ4v) is 7.35. The van der Waals surface area contributed by atoms with Crippen LogP contribution in [0.1, 0.15) is 55.8 Å². The highest BCUT2D eigenvalue weighted by Gasteiger charge is 2.53. The Morgan fingerprint density at radius 1 is 1.16 bits per heavy atom. The average molecular weight is 428 g/mol. The SMILES string of the molecule is C[C@@H](NC(=O)c1ccc(N2CC[NH+](C)CC2)c([N+](=O)[O-])c1)C12CC3CC(CC(C3)C1)C2. The van der Waals surface area contributed by atoms with Crippen LogP contribution >= 0.6 is 0 Å². The van der Waals surface area contributed by atoms with Crippen molar-refractivity contribution in [3.63, 3.8) is 0 Å². The molecule has 0 spiro atoms. The lowest BCUT2D eigenvalue weighted by molar-refractivity contribution is -0.880. The number of carbonyl (C=O) groups excluding carboxylic acids is 1. The van der Waals surface area contributed by atoms with Crippen LogP contribution < -0.4 is 15.1 Å². The molecule has 31 heavy (non-hydrogen) atoms. The van der Waals surface area contributed by atoms with Crippen molar-refractivity contribution < 1.29 is 14.6 Å². The number of benzene rings is 1. The normalized spacial score (nSPS) is 33.4. The molecular weight excluding hydrogens is 392 g/mol. The summed E-state index contributed by atoms with van der Waals surface area (Å²) < 4.78 is 0. The molecule has 1 aromatic rings. The van der Waals surface area contributed by atoms with Crippen molar-refractivity contribution in [2.45, 2.75) is 51.5 Å². The van der Waals surface area contributed by atoms with Crippen LogP contribution in [0.3, 0.4) is 0 Å². The fraction of sp³-hybridized carbons (Fsp3) is 0.708. The Labute approximate surface area is 184 Å². The smallest absolute Gasteiger partial charge is 0.293 e. The van der Waals surface area contributed by atoms with Gasteiger partial charge in [0.15, 0.2) is 0 Å². The first-order valence-corrected chi connectivity index (χ1v) is 12.0. The Hall–Kier alpha value is -2.15. The number of nitro benzene ring substituents is 1. The monoisotopic (exact) mass is 427 g/mol. The van der Waals surface area contributed by atoms with Crippen molar-refractivity contribution in [2.24, 2.45) is 23.2 Å². The Balaban J connectivity index is 1.32. The average Bonchev–Trinajstić information content (AvgIpc) is 2.73. The molecule has 7 nitrogen and oxygen atoms in total. The third-order valence-electron chi connectivity index (χ3n) is 8.74. The van der Waals surface area contributed by atoms with E-state index in [0.29, 0.717) is 11.3 Å². The molecule has 0 aromatic heterocycles. The molecule has 1 saturated heterocycles. The van der Waals surface area contributed by atoms with Crippen LogP contribution in [0.2, 0.25) is 0 Å². The van der Waals surface area contributed by atoms with E-state index < -0.39 is 0 Å². The van der Waals surface area contributed by atoms with Gasteiger partial charge >= 0.3 is 0 Å². The molecular formula is C24H35N4O3+. The quantitative estimate of drug-likeness (QED) is 0.558. The Kier molecular flexibility index (Phi) is 5.19. The lowest BCUT2D eigenvalue weighted by atomic mass is 9.48. The minimum absolute atomic E-state index is 0.0367. The summed E-state index contributed by atoms with van der Waals surface area (Å²) in [6, 6.07) is 5.10. The standard InChI is InChI=1S/C24H34N4O3/c1-16(24-13-17-9-18(14-24)11-19(10-17)15-24)25-23(29)20-3-4-21(22(12-20)28(30)31)27-7-5-26(2)6-8-27/h3-4,12,16-19H,5-11,13-15H2,1-2H3,(H,25,29)/p+1/t16-,17?,18?,19?,24?/m1/s1. The predicted octanol–water partition coefficient (Wildman–Crippen LogP) is 2.26. The summed E-state index contributed by atoms with van der Waals surface area (Å²) in [5.74, 6) is 2.31. The number of hydrogen-bond acceptors (Lipinski definition) is 4. The topological polar surface area (TPSA) is 79.9 Å². The lowest BCUT2D eigenvalue weighted by Crippen LogP contribution is -3.12. The maximum absolute atomic E-state index is 13.1. The summed E-state index contributed by atoms with van der Waals surface area (Å²) in [6.45, 7) is 5.66. The predicted molar refractivity (Wildman–Crippen MR) is 119 cm³/mol. The van der Waals surface area contributed by atoms with Crippen molar-refractivity contribution in [1.82, 2.24) is 5.32 Å². The molecule has 2 N–H and O–H groups in total. The molecule has 6 rings (SSSR count). The van der Waals surface area contributed by atoms with E-state index in [1.54, 1.807) is 12.1 Å². The molecule has 4 saturated carbocycles. The van der Waals surface area contributed by atoms with Gasteiger partial charge in [-0.15, -0.1) is 0 Å². The highest BCUT2D eigenvalue weighted by atomic mass is 16.6. The van der Waals surface area contributed by atoms with Gasteiger partial charge in [0, 0.05) is 17.7 Å². The van der Waals surface area contributed by atoms with Gasteiger partial charge in [0.05, 0.1) is 38.2 Å². The van der Waals surface area contributed by atoms with Gasteiger partial charge in [0.2, 0.25) is 0 Å². The highest BCUT2D eigenvalue weighted by Crippen LogP contribution is 2.61. The van der Waals surface area contributed by atoms with Crippen molar-refractivity contribution in [3.8, 4) is 0 Å². The molecule has 5 aliphatic rings. The Morgan fingerprint density at radius 2 is 1.74 bits per heavy atom. The van der Waals surface area contributed by atoms with Crippen LogP contribution in [0.15, 0.2) is 18.2 Å². The number of likely N-dealkylation sites (N-methyl/N-ethyl adjacent to an activating group) is 1. The minimum Gasteiger partial charge on any atom is -0.355 e. The van der Waals surface area contributed by atoms with Gasteiger partial charge in [-0.2, -0.15) is 0 Å². The summed E-state index contributed by atoms with van der Waals surface area (Å²) in [5.41, 5.74) is 1.28. The number of anilines is 1. The summed E-state index contributed by atoms with van der Waals surface area (Å²) in [6.07, 6.45) is 7.81. The van der Waals surface area contributed by atoms with Gasteiger partial charge in [-0.25, -0.2) is 0 Å². The first-order valence-electron chi connectivity index (χ1n) is 12.0. The molecule has 1 aromatic carbocycles. The van der Waals surface area contributed by atoms with Gasteiger partial charge in [0.1, 0.15) is 5.69 Å². The van der Waals surface area contributed by atoms with Gasteiger partial charge in [-0.3, -0.25) is 14.9 Å². The van der Waals surface area contributed by atoms with Crippen LogP contribution in [-0.4, -0.2) is 50.1 Å². The first kappa shape index (κ1) is 20.7. The number of amides is 1. The zero-order valence-corrected chi connectivity index (χ0v) is 18.7. The maximum Gasteiger partial charge on any atom is 0.293 e. The minimum atomic E-state index is -0.347. The van der Waals surface area contributed by atoms with E-state index in [1.165, 1.54) is 49.5 Å². The second kappa shape index (κ2) is 7.76. The summed E-state index contributed by atoms with van der Waals surface area (Å²) in [4.78, 5) is 28.1. The first-order chi connectivity index (χ1) is 14.8. The number of rotatable bonds is 5. The molecule has 0 unspecified atom stereocenters. The van der Waals surface area contributed by atoms with Gasteiger partial charge < -0.3 is 15.1 Å². The van der Waals surface area contributed by atoms with E-state index in [4.69, 9.17) is 0 Å². The number of nitrogens with one attached hydrogen (secondary N) is 2. The molecule has 168 valence electrons. The van der Waals surface area contributed by atoms with E-state index >= 15 is 0 Å². The third-order valence-corrected chi connectivity index (χ3v) is 8.74. The molecule has 4 bridgehead atoms.